The number of alkyl halides is 6. The van der Waals surface area contributed by atoms with Gasteiger partial charge in [-0.05, 0) is 43.3 Å². The maximum absolute atomic E-state index is 12.1. The van der Waals surface area contributed by atoms with Gasteiger partial charge in [0, 0.05) is 0 Å². The minimum absolute atomic E-state index is 0.134. The highest BCUT2D eigenvalue weighted by atomic mass is 35.5. The molecule has 2 aliphatic rings. The number of carboxylic acids is 2. The first-order chi connectivity index (χ1) is 11.9. The average molecular weight is 485 g/mol. The van der Waals surface area contributed by atoms with Gasteiger partial charge in [-0.1, -0.05) is 70.5 Å². The maximum atomic E-state index is 12.1. The number of carboxylic acid groups (broad SMARTS) is 2. The Kier molecular flexibility index (Phi) is 6.81. The lowest BCUT2D eigenvalue weighted by atomic mass is 9.86. The van der Waals surface area contributed by atoms with Crippen molar-refractivity contribution in [3.8, 4) is 0 Å². The molecule has 10 heteroatoms. The van der Waals surface area contributed by atoms with E-state index in [-0.39, 0.29) is 12.0 Å². The fourth-order valence-corrected chi connectivity index (χ4v) is 5.22. The van der Waals surface area contributed by atoms with Crippen LogP contribution in [0.2, 0.25) is 0 Å². The molecule has 146 valence electrons. The number of hydrogen-bond donors (Lipinski definition) is 2. The highest BCUT2D eigenvalue weighted by Crippen LogP contribution is 2.61. The fraction of sp³-hybridized carbons (Fsp3) is 0.625. The average Bonchev–Trinajstić information content (AvgIpc) is 2.82. The van der Waals surface area contributed by atoms with E-state index < -0.39 is 36.4 Å². The van der Waals surface area contributed by atoms with Gasteiger partial charge in [0.15, 0.2) is 8.67 Å². The van der Waals surface area contributed by atoms with E-state index in [1.807, 2.05) is 6.08 Å². The Balaban J connectivity index is 2.86. The Morgan fingerprint density at radius 3 is 2.19 bits per heavy atom. The van der Waals surface area contributed by atoms with Gasteiger partial charge in [-0.25, -0.2) is 9.59 Å². The molecule has 0 saturated carbocycles. The number of aliphatic carboxylic acids is 2. The third-order valence-corrected chi connectivity index (χ3v) is 8.89. The third kappa shape index (κ3) is 3.46. The summed E-state index contributed by atoms with van der Waals surface area (Å²) in [4.78, 5) is 21.4. The third-order valence-electron chi connectivity index (χ3n) is 4.71. The van der Waals surface area contributed by atoms with Crippen molar-refractivity contribution in [2.45, 2.75) is 57.4 Å². The normalized spacial score (nSPS) is 31.6. The first kappa shape index (κ1) is 22.4. The minimum atomic E-state index is -2.81. The molecule has 0 fully saturated rings. The smallest absolute Gasteiger partial charge is 0.334 e. The minimum Gasteiger partial charge on any atom is -0.480 e. The van der Waals surface area contributed by atoms with Gasteiger partial charge in [0.25, 0.3) is 0 Å². The largest absolute Gasteiger partial charge is 0.480 e. The Labute approximate surface area is 181 Å². The van der Waals surface area contributed by atoms with Crippen LogP contribution < -0.4 is 0 Å². The van der Waals surface area contributed by atoms with E-state index in [0.717, 1.165) is 25.7 Å². The van der Waals surface area contributed by atoms with Crippen molar-refractivity contribution >= 4 is 81.5 Å². The summed E-state index contributed by atoms with van der Waals surface area (Å²) < 4.78 is -4.85. The number of rotatable bonds is 3. The van der Waals surface area contributed by atoms with Crippen molar-refractivity contribution in [1.29, 1.82) is 0 Å². The van der Waals surface area contributed by atoms with Gasteiger partial charge in [0.05, 0.1) is 11.0 Å². The first-order valence-corrected chi connectivity index (χ1v) is 10.2. The zero-order valence-electron chi connectivity index (χ0n) is 13.4. The predicted molar refractivity (Wildman–Crippen MR) is 105 cm³/mol. The van der Waals surface area contributed by atoms with Gasteiger partial charge < -0.3 is 10.2 Å². The van der Waals surface area contributed by atoms with Crippen molar-refractivity contribution in [2.75, 3.05) is 0 Å². The number of carbonyl (C=O) groups is 2. The van der Waals surface area contributed by atoms with Crippen molar-refractivity contribution < 1.29 is 19.8 Å². The summed E-state index contributed by atoms with van der Waals surface area (Å²) in [6.45, 7) is 0. The Bertz CT molecular complexity index is 684. The first-order valence-electron chi connectivity index (χ1n) is 7.87. The van der Waals surface area contributed by atoms with Gasteiger partial charge in [0.2, 0.25) is 4.87 Å². The van der Waals surface area contributed by atoms with E-state index in [9.17, 15) is 19.8 Å². The molecule has 4 nitrogen and oxygen atoms in total. The summed E-state index contributed by atoms with van der Waals surface area (Å²) in [5.41, 5.74) is 0.177. The Hall–Kier alpha value is 0.160. The molecule has 0 aromatic carbocycles. The molecule has 0 radical (unpaired) electrons. The lowest BCUT2D eigenvalue weighted by Crippen LogP contribution is -2.60. The summed E-state index contributed by atoms with van der Waals surface area (Å²) in [6, 6.07) is 0. The van der Waals surface area contributed by atoms with Gasteiger partial charge in [0.1, 0.15) is 0 Å². The highest BCUT2D eigenvalue weighted by Gasteiger charge is 2.71. The van der Waals surface area contributed by atoms with Crippen molar-refractivity contribution in [3.05, 3.63) is 22.8 Å². The Morgan fingerprint density at radius 2 is 1.65 bits per heavy atom. The molecule has 2 N–H and O–H groups in total. The van der Waals surface area contributed by atoms with Crippen LogP contribution in [0.1, 0.15) is 38.5 Å². The lowest BCUT2D eigenvalue weighted by Gasteiger charge is -2.42. The molecule has 0 heterocycles. The quantitative estimate of drug-likeness (QED) is 0.505. The second-order valence-corrected chi connectivity index (χ2v) is 10.1. The van der Waals surface area contributed by atoms with E-state index in [4.69, 9.17) is 69.6 Å². The van der Waals surface area contributed by atoms with E-state index in [0.29, 0.717) is 12.0 Å². The van der Waals surface area contributed by atoms with E-state index in [1.54, 1.807) is 0 Å². The second-order valence-electron chi connectivity index (χ2n) is 6.32. The van der Waals surface area contributed by atoms with E-state index in [1.165, 1.54) is 0 Å². The summed E-state index contributed by atoms with van der Waals surface area (Å²) in [7, 11) is 0. The SMILES string of the molecule is O=C(O)C1=C(C2=CCCCCC2)CC(Cl)C(Cl)(Cl)C(Cl)(Cl)C1(Cl)C(=O)O. The zero-order valence-corrected chi connectivity index (χ0v) is 17.9. The van der Waals surface area contributed by atoms with Gasteiger partial charge >= 0.3 is 11.9 Å². The summed E-state index contributed by atoms with van der Waals surface area (Å²) in [5, 5.41) is 18.4. The van der Waals surface area contributed by atoms with Crippen LogP contribution in [-0.2, 0) is 9.59 Å². The van der Waals surface area contributed by atoms with Crippen molar-refractivity contribution in [1.82, 2.24) is 0 Å². The zero-order chi connectivity index (χ0) is 19.9. The number of allylic oxidation sites excluding steroid dienone is 3. The van der Waals surface area contributed by atoms with E-state index >= 15 is 0 Å². The number of halogens is 6. The molecule has 2 atom stereocenters. The molecule has 0 saturated heterocycles. The number of hydrogen-bond acceptors (Lipinski definition) is 2. The van der Waals surface area contributed by atoms with Crippen LogP contribution in [0.4, 0.5) is 0 Å². The summed E-state index contributed by atoms with van der Waals surface area (Å²) in [5.74, 6) is -3.34. The fourth-order valence-electron chi connectivity index (χ4n) is 3.30. The molecule has 26 heavy (non-hydrogen) atoms. The highest BCUT2D eigenvalue weighted by molar-refractivity contribution is 6.69. The van der Waals surface area contributed by atoms with Crippen molar-refractivity contribution in [3.63, 3.8) is 0 Å². The molecule has 2 unspecified atom stereocenters. The van der Waals surface area contributed by atoms with Crippen LogP contribution in [0.3, 0.4) is 0 Å². The van der Waals surface area contributed by atoms with Gasteiger partial charge in [-0.2, -0.15) is 0 Å². The molecular formula is C16H16Cl6O4. The molecular weight excluding hydrogens is 469 g/mol. The molecule has 0 amide bonds. The van der Waals surface area contributed by atoms with Crippen LogP contribution in [-0.4, -0.2) is 41.1 Å². The topological polar surface area (TPSA) is 74.6 Å². The van der Waals surface area contributed by atoms with Crippen LogP contribution in [0.25, 0.3) is 0 Å². The second kappa shape index (κ2) is 7.88. The lowest BCUT2D eigenvalue weighted by molar-refractivity contribution is -0.142. The molecule has 2 rings (SSSR count). The molecule has 0 aromatic rings. The molecule has 2 aliphatic carbocycles. The van der Waals surface area contributed by atoms with Crippen LogP contribution in [0.15, 0.2) is 22.8 Å². The Morgan fingerprint density at radius 1 is 1.04 bits per heavy atom. The summed E-state index contributed by atoms with van der Waals surface area (Å²) >= 11 is 37.6. The van der Waals surface area contributed by atoms with E-state index in [2.05, 4.69) is 0 Å². The summed E-state index contributed by atoms with van der Waals surface area (Å²) in [6.07, 6.45) is 5.74. The monoisotopic (exact) mass is 482 g/mol. The molecule has 0 aromatic heterocycles. The standard InChI is InChI=1S/C16H16Cl6O4/c17-10-7-9(8-5-3-1-2-4-6-8)11(12(23)24)14(18,13(25)26)16(21,22)15(10,19)20/h5,10H,1-4,6-7H2,(H,23,24)(H,25,26). The molecule has 0 spiro atoms. The molecule has 0 aliphatic heterocycles. The van der Waals surface area contributed by atoms with Crippen LogP contribution in [0.5, 0.6) is 0 Å². The van der Waals surface area contributed by atoms with Crippen LogP contribution in [0, 0.1) is 0 Å². The van der Waals surface area contributed by atoms with Gasteiger partial charge in [-0.3, -0.25) is 0 Å². The van der Waals surface area contributed by atoms with Gasteiger partial charge in [-0.15, -0.1) is 11.6 Å². The maximum Gasteiger partial charge on any atom is 0.334 e. The predicted octanol–water partition coefficient (Wildman–Crippen LogP) is 5.68. The molecule has 0 bridgehead atoms. The van der Waals surface area contributed by atoms with Crippen LogP contribution >= 0.6 is 69.6 Å². The van der Waals surface area contributed by atoms with Crippen molar-refractivity contribution in [2.24, 2.45) is 0 Å².